The maximum absolute atomic E-state index is 5.79. The molecule has 0 fully saturated rings. The molecule has 0 saturated carbocycles. The van der Waals surface area contributed by atoms with Gasteiger partial charge < -0.3 is 10.5 Å². The number of methoxy groups -OCH3 is 1. The highest BCUT2D eigenvalue weighted by Crippen LogP contribution is 2.19. The van der Waals surface area contributed by atoms with Gasteiger partial charge in [0.05, 0.1) is 19.9 Å². The summed E-state index contributed by atoms with van der Waals surface area (Å²) in [5, 5.41) is 8.35. The van der Waals surface area contributed by atoms with E-state index in [0.29, 0.717) is 6.54 Å². The summed E-state index contributed by atoms with van der Waals surface area (Å²) in [4.78, 5) is 0. The summed E-state index contributed by atoms with van der Waals surface area (Å²) in [7, 11) is 1.66. The molecular weight excluding hydrogens is 264 g/mol. The van der Waals surface area contributed by atoms with Crippen LogP contribution in [-0.4, -0.2) is 22.1 Å². The lowest BCUT2D eigenvalue weighted by molar-refractivity contribution is 0.414. The third kappa shape index (κ3) is 3.02. The predicted octanol–water partition coefficient (Wildman–Crippen LogP) is 2.58. The van der Waals surface area contributed by atoms with Gasteiger partial charge in [-0.15, -0.1) is 5.10 Å². The number of rotatable bonds is 4. The lowest BCUT2D eigenvalue weighted by Gasteiger charge is -2.03. The largest absolute Gasteiger partial charge is 0.497 e. The smallest absolute Gasteiger partial charge is 0.119 e. The van der Waals surface area contributed by atoms with E-state index in [0.717, 1.165) is 28.3 Å². The first kappa shape index (κ1) is 13.2. The number of hydrogen-bond donors (Lipinski definition) is 1. The Morgan fingerprint density at radius 2 is 2.00 bits per heavy atom. The van der Waals surface area contributed by atoms with Crippen LogP contribution in [0.4, 0.5) is 5.69 Å². The van der Waals surface area contributed by atoms with Crippen LogP contribution in [0.15, 0.2) is 54.7 Å². The number of nitrogen functional groups attached to an aromatic ring is 1. The van der Waals surface area contributed by atoms with Crippen molar-refractivity contribution in [3.63, 3.8) is 0 Å². The standard InChI is InChI=1S/C16H16N4O/c1-21-15-7-2-4-12(8-15)10-20-11-16(18-19-20)13-5-3-6-14(17)9-13/h2-9,11H,10,17H2,1H3. The van der Waals surface area contributed by atoms with Crippen LogP contribution in [0.1, 0.15) is 5.56 Å². The molecule has 0 amide bonds. The fourth-order valence-electron chi connectivity index (χ4n) is 2.16. The number of ether oxygens (including phenoxy) is 1. The summed E-state index contributed by atoms with van der Waals surface area (Å²) in [6.45, 7) is 0.645. The summed E-state index contributed by atoms with van der Waals surface area (Å²) in [5.74, 6) is 0.837. The average molecular weight is 280 g/mol. The van der Waals surface area contributed by atoms with E-state index in [-0.39, 0.29) is 0 Å². The molecule has 0 spiro atoms. The quantitative estimate of drug-likeness (QED) is 0.746. The predicted molar refractivity (Wildman–Crippen MR) is 82.0 cm³/mol. The van der Waals surface area contributed by atoms with Crippen molar-refractivity contribution in [3.8, 4) is 17.0 Å². The van der Waals surface area contributed by atoms with Crippen LogP contribution in [0.3, 0.4) is 0 Å². The van der Waals surface area contributed by atoms with E-state index < -0.39 is 0 Å². The Morgan fingerprint density at radius 3 is 2.81 bits per heavy atom. The molecule has 1 heterocycles. The monoisotopic (exact) mass is 280 g/mol. The molecule has 5 nitrogen and oxygen atoms in total. The Labute approximate surface area is 123 Å². The normalized spacial score (nSPS) is 10.5. The first-order chi connectivity index (χ1) is 10.2. The van der Waals surface area contributed by atoms with Crippen molar-refractivity contribution >= 4 is 5.69 Å². The van der Waals surface area contributed by atoms with E-state index in [9.17, 15) is 0 Å². The first-order valence-corrected chi connectivity index (χ1v) is 6.63. The minimum absolute atomic E-state index is 0.645. The summed E-state index contributed by atoms with van der Waals surface area (Å²) in [6.07, 6.45) is 1.91. The number of hydrogen-bond acceptors (Lipinski definition) is 4. The van der Waals surface area contributed by atoms with Crippen LogP contribution in [0.2, 0.25) is 0 Å². The van der Waals surface area contributed by atoms with Crippen molar-refractivity contribution < 1.29 is 4.74 Å². The van der Waals surface area contributed by atoms with Crippen molar-refractivity contribution in [3.05, 3.63) is 60.3 Å². The Kier molecular flexibility index (Phi) is 3.55. The van der Waals surface area contributed by atoms with Gasteiger partial charge in [-0.25, -0.2) is 4.68 Å². The molecular formula is C16H16N4O. The molecule has 0 bridgehead atoms. The molecule has 3 rings (SSSR count). The van der Waals surface area contributed by atoms with Gasteiger partial charge in [0.15, 0.2) is 0 Å². The van der Waals surface area contributed by atoms with Gasteiger partial charge in [-0.3, -0.25) is 0 Å². The Hall–Kier alpha value is -2.82. The fraction of sp³-hybridized carbons (Fsp3) is 0.125. The SMILES string of the molecule is COc1cccc(Cn2cc(-c3cccc(N)c3)nn2)c1. The number of benzene rings is 2. The van der Waals surface area contributed by atoms with E-state index >= 15 is 0 Å². The van der Waals surface area contributed by atoms with Crippen molar-refractivity contribution in [1.29, 1.82) is 0 Å². The van der Waals surface area contributed by atoms with E-state index in [2.05, 4.69) is 10.3 Å². The number of nitrogens with zero attached hydrogens (tertiary/aromatic N) is 3. The molecule has 5 heteroatoms. The average Bonchev–Trinajstić information content (AvgIpc) is 2.96. The van der Waals surface area contributed by atoms with Crippen molar-refractivity contribution in [2.24, 2.45) is 0 Å². The van der Waals surface area contributed by atoms with E-state index in [1.165, 1.54) is 0 Å². The highest BCUT2D eigenvalue weighted by molar-refractivity contribution is 5.62. The summed E-state index contributed by atoms with van der Waals surface area (Å²) < 4.78 is 7.02. The lowest BCUT2D eigenvalue weighted by Crippen LogP contribution is -2.00. The van der Waals surface area contributed by atoms with Crippen LogP contribution in [-0.2, 0) is 6.54 Å². The molecule has 0 saturated heterocycles. The molecule has 106 valence electrons. The molecule has 3 aromatic rings. The molecule has 2 aromatic carbocycles. The molecule has 21 heavy (non-hydrogen) atoms. The van der Waals surface area contributed by atoms with Crippen molar-refractivity contribution in [2.75, 3.05) is 12.8 Å². The van der Waals surface area contributed by atoms with Crippen LogP contribution in [0.5, 0.6) is 5.75 Å². The van der Waals surface area contributed by atoms with Gasteiger partial charge in [-0.2, -0.15) is 0 Å². The van der Waals surface area contributed by atoms with Gasteiger partial charge in [0, 0.05) is 11.3 Å². The maximum Gasteiger partial charge on any atom is 0.119 e. The van der Waals surface area contributed by atoms with Gasteiger partial charge in [0.25, 0.3) is 0 Å². The van der Waals surface area contributed by atoms with Crippen LogP contribution in [0.25, 0.3) is 11.3 Å². The van der Waals surface area contributed by atoms with Crippen LogP contribution < -0.4 is 10.5 Å². The second kappa shape index (κ2) is 5.66. The molecule has 2 N–H and O–H groups in total. The molecule has 0 aliphatic carbocycles. The van der Waals surface area contributed by atoms with Gasteiger partial charge >= 0.3 is 0 Å². The Morgan fingerprint density at radius 1 is 1.14 bits per heavy atom. The van der Waals surface area contributed by atoms with Crippen LogP contribution >= 0.6 is 0 Å². The highest BCUT2D eigenvalue weighted by Gasteiger charge is 2.05. The minimum Gasteiger partial charge on any atom is -0.497 e. The van der Waals surface area contributed by atoms with E-state index in [4.69, 9.17) is 10.5 Å². The second-order valence-electron chi connectivity index (χ2n) is 4.78. The zero-order valence-electron chi connectivity index (χ0n) is 11.7. The topological polar surface area (TPSA) is 66.0 Å². The third-order valence-electron chi connectivity index (χ3n) is 3.20. The number of aromatic nitrogens is 3. The first-order valence-electron chi connectivity index (χ1n) is 6.63. The summed E-state index contributed by atoms with van der Waals surface area (Å²) in [5.41, 5.74) is 9.39. The number of anilines is 1. The molecule has 0 radical (unpaired) electrons. The van der Waals surface area contributed by atoms with Gasteiger partial charge in [-0.1, -0.05) is 29.5 Å². The molecule has 0 aliphatic heterocycles. The fourth-order valence-corrected chi connectivity index (χ4v) is 2.16. The molecule has 0 atom stereocenters. The van der Waals surface area contributed by atoms with Gasteiger partial charge in [0.1, 0.15) is 11.4 Å². The highest BCUT2D eigenvalue weighted by atomic mass is 16.5. The molecule has 0 aliphatic rings. The zero-order valence-corrected chi connectivity index (χ0v) is 11.7. The lowest BCUT2D eigenvalue weighted by atomic mass is 10.1. The molecule has 0 unspecified atom stereocenters. The zero-order chi connectivity index (χ0) is 14.7. The summed E-state index contributed by atoms with van der Waals surface area (Å²) in [6, 6.07) is 15.5. The second-order valence-corrected chi connectivity index (χ2v) is 4.78. The van der Waals surface area contributed by atoms with Crippen LogP contribution in [0, 0.1) is 0 Å². The minimum atomic E-state index is 0.645. The third-order valence-corrected chi connectivity index (χ3v) is 3.20. The van der Waals surface area contributed by atoms with Crippen molar-refractivity contribution in [1.82, 2.24) is 15.0 Å². The van der Waals surface area contributed by atoms with E-state index in [1.54, 1.807) is 11.8 Å². The number of nitrogens with two attached hydrogens (primary N) is 1. The maximum atomic E-state index is 5.79. The van der Waals surface area contributed by atoms with E-state index in [1.807, 2.05) is 54.7 Å². The van der Waals surface area contributed by atoms with Gasteiger partial charge in [0.2, 0.25) is 0 Å². The molecule has 1 aromatic heterocycles. The Balaban J connectivity index is 1.81. The van der Waals surface area contributed by atoms with Gasteiger partial charge in [-0.05, 0) is 29.8 Å². The summed E-state index contributed by atoms with van der Waals surface area (Å²) >= 11 is 0. The Bertz CT molecular complexity index is 751. The van der Waals surface area contributed by atoms with Crippen molar-refractivity contribution in [2.45, 2.75) is 6.54 Å².